The van der Waals surface area contributed by atoms with Gasteiger partial charge in [0.05, 0.1) is 5.69 Å². The molecule has 0 fully saturated rings. The summed E-state index contributed by atoms with van der Waals surface area (Å²) < 4.78 is 0. The molecule has 0 unspecified atom stereocenters. The summed E-state index contributed by atoms with van der Waals surface area (Å²) in [6, 6.07) is 11.3. The van der Waals surface area contributed by atoms with Crippen molar-refractivity contribution in [2.24, 2.45) is 0 Å². The monoisotopic (exact) mass is 218 g/mol. The van der Waals surface area contributed by atoms with E-state index in [9.17, 15) is 5.11 Å². The lowest BCUT2D eigenvalue weighted by atomic mass is 10.1. The summed E-state index contributed by atoms with van der Waals surface area (Å²) in [5.41, 5.74) is 1.72. The number of aromatic hydroxyl groups is 1. The van der Waals surface area contributed by atoms with Crippen molar-refractivity contribution in [2.45, 2.75) is 5.16 Å². The Hall–Kier alpha value is -1.55. The van der Waals surface area contributed by atoms with Gasteiger partial charge in [0.1, 0.15) is 0 Å². The SMILES string of the molecule is CSc1nc(O)cc(-c2ccccc2)n1. The minimum atomic E-state index is 0.00760. The van der Waals surface area contributed by atoms with Crippen LogP contribution in [0.25, 0.3) is 11.3 Å². The summed E-state index contributed by atoms with van der Waals surface area (Å²) >= 11 is 1.41. The van der Waals surface area contributed by atoms with Crippen LogP contribution in [0.2, 0.25) is 0 Å². The van der Waals surface area contributed by atoms with Crippen LogP contribution in [0.5, 0.6) is 5.88 Å². The highest BCUT2D eigenvalue weighted by molar-refractivity contribution is 7.98. The lowest BCUT2D eigenvalue weighted by molar-refractivity contribution is 0.446. The topological polar surface area (TPSA) is 46.0 Å². The van der Waals surface area contributed by atoms with Crippen molar-refractivity contribution in [1.29, 1.82) is 0 Å². The molecular weight excluding hydrogens is 208 g/mol. The van der Waals surface area contributed by atoms with Crippen LogP contribution in [-0.2, 0) is 0 Å². The lowest BCUT2D eigenvalue weighted by Crippen LogP contribution is -1.89. The summed E-state index contributed by atoms with van der Waals surface area (Å²) in [4.78, 5) is 8.20. The number of aromatic nitrogens is 2. The molecule has 3 nitrogen and oxygen atoms in total. The van der Waals surface area contributed by atoms with Gasteiger partial charge in [-0.15, -0.1) is 0 Å². The van der Waals surface area contributed by atoms with Crippen molar-refractivity contribution in [2.75, 3.05) is 6.26 Å². The van der Waals surface area contributed by atoms with E-state index in [1.807, 2.05) is 36.6 Å². The zero-order chi connectivity index (χ0) is 10.7. The van der Waals surface area contributed by atoms with Crippen molar-refractivity contribution >= 4 is 11.8 Å². The highest BCUT2D eigenvalue weighted by Gasteiger charge is 2.04. The van der Waals surface area contributed by atoms with E-state index in [1.54, 1.807) is 6.07 Å². The van der Waals surface area contributed by atoms with Crippen molar-refractivity contribution < 1.29 is 5.11 Å². The minimum absolute atomic E-state index is 0.00760. The summed E-state index contributed by atoms with van der Waals surface area (Å²) in [5.74, 6) is 0.00760. The van der Waals surface area contributed by atoms with Crippen LogP contribution >= 0.6 is 11.8 Å². The van der Waals surface area contributed by atoms with Gasteiger partial charge in [0.25, 0.3) is 0 Å². The summed E-state index contributed by atoms with van der Waals surface area (Å²) in [7, 11) is 0. The van der Waals surface area contributed by atoms with E-state index in [0.29, 0.717) is 5.16 Å². The fourth-order valence-electron chi connectivity index (χ4n) is 1.26. The normalized spacial score (nSPS) is 10.2. The van der Waals surface area contributed by atoms with E-state index in [0.717, 1.165) is 11.3 Å². The first-order valence-electron chi connectivity index (χ1n) is 4.47. The van der Waals surface area contributed by atoms with Gasteiger partial charge in [-0.1, -0.05) is 42.1 Å². The number of benzene rings is 1. The molecule has 1 aromatic carbocycles. The third-order valence-corrected chi connectivity index (χ3v) is 2.49. The Morgan fingerprint density at radius 3 is 2.53 bits per heavy atom. The van der Waals surface area contributed by atoms with Crippen molar-refractivity contribution in [3.05, 3.63) is 36.4 Å². The third kappa shape index (κ3) is 2.27. The predicted octanol–water partition coefficient (Wildman–Crippen LogP) is 2.57. The van der Waals surface area contributed by atoms with Gasteiger partial charge in [0.2, 0.25) is 5.88 Å². The largest absolute Gasteiger partial charge is 0.493 e. The van der Waals surface area contributed by atoms with Gasteiger partial charge in [-0.05, 0) is 6.26 Å². The maximum absolute atomic E-state index is 9.42. The average Bonchev–Trinajstić information content (AvgIpc) is 2.29. The molecular formula is C11H10N2OS. The highest BCUT2D eigenvalue weighted by atomic mass is 32.2. The van der Waals surface area contributed by atoms with Gasteiger partial charge in [-0.2, -0.15) is 4.98 Å². The fourth-order valence-corrected chi connectivity index (χ4v) is 1.64. The van der Waals surface area contributed by atoms with Crippen LogP contribution in [0.4, 0.5) is 0 Å². The first kappa shape index (κ1) is 9.98. The van der Waals surface area contributed by atoms with Crippen molar-refractivity contribution in [3.8, 4) is 17.1 Å². The Balaban J connectivity index is 2.49. The number of hydrogen-bond acceptors (Lipinski definition) is 4. The number of rotatable bonds is 2. The van der Waals surface area contributed by atoms with E-state index in [4.69, 9.17) is 0 Å². The van der Waals surface area contributed by atoms with Crippen LogP contribution in [0.1, 0.15) is 0 Å². The molecule has 1 heterocycles. The van der Waals surface area contributed by atoms with Gasteiger partial charge < -0.3 is 5.11 Å². The van der Waals surface area contributed by atoms with E-state index >= 15 is 0 Å². The van der Waals surface area contributed by atoms with E-state index < -0.39 is 0 Å². The molecule has 2 rings (SSSR count). The molecule has 0 atom stereocenters. The van der Waals surface area contributed by atoms with E-state index in [-0.39, 0.29) is 5.88 Å². The standard InChI is InChI=1S/C11H10N2OS/c1-15-11-12-9(7-10(14)13-11)8-5-3-2-4-6-8/h2-7H,1H3,(H,12,13,14). The smallest absolute Gasteiger partial charge is 0.215 e. The van der Waals surface area contributed by atoms with Crippen molar-refractivity contribution in [3.63, 3.8) is 0 Å². The zero-order valence-electron chi connectivity index (χ0n) is 8.21. The maximum atomic E-state index is 9.42. The number of nitrogens with zero attached hydrogens (tertiary/aromatic N) is 2. The first-order chi connectivity index (χ1) is 7.29. The second kappa shape index (κ2) is 4.31. The first-order valence-corrected chi connectivity index (χ1v) is 5.69. The minimum Gasteiger partial charge on any atom is -0.493 e. The molecule has 0 amide bonds. The van der Waals surface area contributed by atoms with Crippen LogP contribution in [-0.4, -0.2) is 21.3 Å². The maximum Gasteiger partial charge on any atom is 0.215 e. The Labute approximate surface area is 92.2 Å². The van der Waals surface area contributed by atoms with Crippen LogP contribution in [0.15, 0.2) is 41.6 Å². The second-order valence-electron chi connectivity index (χ2n) is 2.96. The van der Waals surface area contributed by atoms with Gasteiger partial charge in [0.15, 0.2) is 5.16 Å². The fraction of sp³-hybridized carbons (Fsp3) is 0.0909. The molecule has 76 valence electrons. The van der Waals surface area contributed by atoms with Crippen LogP contribution in [0.3, 0.4) is 0 Å². The van der Waals surface area contributed by atoms with E-state index in [2.05, 4.69) is 9.97 Å². The second-order valence-corrected chi connectivity index (χ2v) is 3.74. The molecule has 0 saturated carbocycles. The Morgan fingerprint density at radius 1 is 1.13 bits per heavy atom. The number of hydrogen-bond donors (Lipinski definition) is 1. The molecule has 15 heavy (non-hydrogen) atoms. The van der Waals surface area contributed by atoms with Gasteiger partial charge >= 0.3 is 0 Å². The van der Waals surface area contributed by atoms with Crippen molar-refractivity contribution in [1.82, 2.24) is 9.97 Å². The summed E-state index contributed by atoms with van der Waals surface area (Å²) in [6.07, 6.45) is 1.88. The molecule has 1 aromatic heterocycles. The molecule has 0 aliphatic carbocycles. The molecule has 2 aromatic rings. The zero-order valence-corrected chi connectivity index (χ0v) is 9.03. The number of thioether (sulfide) groups is 1. The lowest BCUT2D eigenvalue weighted by Gasteiger charge is -2.02. The Bertz CT molecular complexity index is 459. The Morgan fingerprint density at radius 2 is 1.87 bits per heavy atom. The van der Waals surface area contributed by atoms with Crippen LogP contribution in [0, 0.1) is 0 Å². The molecule has 4 heteroatoms. The van der Waals surface area contributed by atoms with E-state index in [1.165, 1.54) is 11.8 Å². The molecule has 0 aliphatic heterocycles. The molecule has 1 N–H and O–H groups in total. The molecule has 0 spiro atoms. The summed E-state index contributed by atoms with van der Waals surface area (Å²) in [5, 5.41) is 10.00. The third-order valence-electron chi connectivity index (χ3n) is 1.94. The van der Waals surface area contributed by atoms with Gasteiger partial charge in [0, 0.05) is 11.6 Å². The predicted molar refractivity (Wildman–Crippen MR) is 60.9 cm³/mol. The van der Waals surface area contributed by atoms with Crippen LogP contribution < -0.4 is 0 Å². The molecule has 0 radical (unpaired) electrons. The van der Waals surface area contributed by atoms with Gasteiger partial charge in [-0.25, -0.2) is 4.98 Å². The molecule has 0 saturated heterocycles. The quantitative estimate of drug-likeness (QED) is 0.621. The Kier molecular flexibility index (Phi) is 2.87. The molecule has 0 bridgehead atoms. The van der Waals surface area contributed by atoms with Gasteiger partial charge in [-0.3, -0.25) is 0 Å². The highest BCUT2D eigenvalue weighted by Crippen LogP contribution is 2.22. The average molecular weight is 218 g/mol. The summed E-state index contributed by atoms with van der Waals surface area (Å²) in [6.45, 7) is 0. The molecule has 0 aliphatic rings.